The second-order valence-corrected chi connectivity index (χ2v) is 7.24. The molecule has 0 radical (unpaired) electrons. The van der Waals surface area contributed by atoms with Crippen LogP contribution in [0.2, 0.25) is 0 Å². The van der Waals surface area contributed by atoms with Gasteiger partial charge in [-0.05, 0) is 34.1 Å². The molecule has 0 unspecified atom stereocenters. The Morgan fingerprint density at radius 2 is 2.05 bits per heavy atom. The summed E-state index contributed by atoms with van der Waals surface area (Å²) in [5.74, 6) is -1.05. The molecule has 6 nitrogen and oxygen atoms in total. The SMILES string of the molecule is CN(CCC(=O)O)S(=O)(=O)Nc1cc(Br)ccc1Br. The zero-order valence-corrected chi connectivity index (χ0v) is 13.9. The zero-order valence-electron chi connectivity index (χ0n) is 9.93. The molecular weight excluding hydrogens is 404 g/mol. The van der Waals surface area contributed by atoms with E-state index >= 15 is 0 Å². The van der Waals surface area contributed by atoms with Gasteiger partial charge in [0, 0.05) is 22.5 Å². The number of hydrogen-bond acceptors (Lipinski definition) is 3. The lowest BCUT2D eigenvalue weighted by molar-refractivity contribution is -0.137. The van der Waals surface area contributed by atoms with E-state index in [-0.39, 0.29) is 13.0 Å². The first-order valence-electron chi connectivity index (χ1n) is 5.13. The normalized spacial score (nSPS) is 11.6. The van der Waals surface area contributed by atoms with Gasteiger partial charge in [0.1, 0.15) is 0 Å². The van der Waals surface area contributed by atoms with Crippen LogP contribution in [0.3, 0.4) is 0 Å². The maximum atomic E-state index is 12.0. The quantitative estimate of drug-likeness (QED) is 0.746. The molecule has 19 heavy (non-hydrogen) atoms. The number of carboxylic acids is 1. The van der Waals surface area contributed by atoms with Crippen LogP contribution in [0.1, 0.15) is 6.42 Å². The van der Waals surface area contributed by atoms with E-state index in [4.69, 9.17) is 5.11 Å². The first-order valence-corrected chi connectivity index (χ1v) is 8.16. The minimum Gasteiger partial charge on any atom is -0.481 e. The first-order chi connectivity index (χ1) is 8.72. The largest absolute Gasteiger partial charge is 0.481 e. The summed E-state index contributed by atoms with van der Waals surface area (Å²) in [6.45, 7) is -0.101. The number of halogens is 2. The third kappa shape index (κ3) is 5.09. The summed E-state index contributed by atoms with van der Waals surface area (Å²) in [5.41, 5.74) is 0.372. The Kier molecular flexibility index (Phi) is 5.78. The third-order valence-corrected chi connectivity index (χ3v) is 4.88. The van der Waals surface area contributed by atoms with Gasteiger partial charge in [-0.3, -0.25) is 9.52 Å². The Bertz CT molecular complexity index is 577. The monoisotopic (exact) mass is 414 g/mol. The summed E-state index contributed by atoms with van der Waals surface area (Å²) in [6.07, 6.45) is -0.253. The van der Waals surface area contributed by atoms with Crippen molar-refractivity contribution in [3.8, 4) is 0 Å². The van der Waals surface area contributed by atoms with E-state index in [0.29, 0.717) is 10.2 Å². The van der Waals surface area contributed by atoms with E-state index < -0.39 is 16.2 Å². The minimum absolute atomic E-state index is 0.101. The molecule has 0 saturated carbocycles. The molecule has 0 spiro atoms. The van der Waals surface area contributed by atoms with Crippen LogP contribution in [0, 0.1) is 0 Å². The Hall–Kier alpha value is -0.640. The van der Waals surface area contributed by atoms with Crippen LogP contribution in [0.4, 0.5) is 5.69 Å². The number of nitrogens with zero attached hydrogens (tertiary/aromatic N) is 1. The third-order valence-electron chi connectivity index (χ3n) is 2.22. The lowest BCUT2D eigenvalue weighted by Crippen LogP contribution is -2.34. The second kappa shape index (κ2) is 6.69. The van der Waals surface area contributed by atoms with E-state index in [2.05, 4.69) is 36.6 Å². The topological polar surface area (TPSA) is 86.7 Å². The van der Waals surface area contributed by atoms with Gasteiger partial charge in [0.25, 0.3) is 0 Å². The number of carboxylic acid groups (broad SMARTS) is 1. The molecule has 2 N–H and O–H groups in total. The first kappa shape index (κ1) is 16.4. The van der Waals surface area contributed by atoms with Crippen molar-refractivity contribution in [1.29, 1.82) is 0 Å². The van der Waals surface area contributed by atoms with Gasteiger partial charge in [-0.15, -0.1) is 0 Å². The summed E-state index contributed by atoms with van der Waals surface area (Å²) in [4.78, 5) is 10.4. The summed E-state index contributed by atoms with van der Waals surface area (Å²) >= 11 is 6.48. The highest BCUT2D eigenvalue weighted by Crippen LogP contribution is 2.27. The maximum absolute atomic E-state index is 12.0. The Labute approximate surface area is 128 Å². The average Bonchev–Trinajstić information content (AvgIpc) is 2.30. The van der Waals surface area contributed by atoms with Gasteiger partial charge in [-0.2, -0.15) is 12.7 Å². The van der Waals surface area contributed by atoms with Crippen LogP contribution < -0.4 is 4.72 Å². The lowest BCUT2D eigenvalue weighted by Gasteiger charge is -2.18. The van der Waals surface area contributed by atoms with Crippen LogP contribution in [-0.2, 0) is 15.0 Å². The zero-order chi connectivity index (χ0) is 14.6. The number of anilines is 1. The summed E-state index contributed by atoms with van der Waals surface area (Å²) in [7, 11) is -2.46. The fourth-order valence-corrected chi connectivity index (χ4v) is 2.94. The molecule has 0 fully saturated rings. The molecule has 0 saturated heterocycles. The highest BCUT2D eigenvalue weighted by molar-refractivity contribution is 9.11. The summed E-state index contributed by atoms with van der Waals surface area (Å²) < 4.78 is 28.6. The van der Waals surface area contributed by atoms with E-state index in [0.717, 1.165) is 8.78 Å². The molecule has 0 bridgehead atoms. The highest BCUT2D eigenvalue weighted by atomic mass is 79.9. The molecular formula is C10H12Br2N2O4S. The van der Waals surface area contributed by atoms with Crippen molar-refractivity contribution in [1.82, 2.24) is 4.31 Å². The second-order valence-electron chi connectivity index (χ2n) is 3.70. The molecule has 0 aliphatic rings. The van der Waals surface area contributed by atoms with E-state index in [1.165, 1.54) is 7.05 Å². The van der Waals surface area contributed by atoms with Crippen molar-refractivity contribution >= 4 is 53.7 Å². The number of nitrogens with one attached hydrogen (secondary N) is 1. The van der Waals surface area contributed by atoms with Crippen molar-refractivity contribution in [3.63, 3.8) is 0 Å². The maximum Gasteiger partial charge on any atom is 0.304 e. The van der Waals surface area contributed by atoms with Crippen molar-refractivity contribution < 1.29 is 18.3 Å². The Balaban J connectivity index is 2.84. The van der Waals surface area contributed by atoms with Gasteiger partial charge < -0.3 is 5.11 Å². The van der Waals surface area contributed by atoms with E-state index in [1.54, 1.807) is 18.2 Å². The van der Waals surface area contributed by atoms with Crippen LogP contribution in [0.5, 0.6) is 0 Å². The van der Waals surface area contributed by atoms with Gasteiger partial charge >= 0.3 is 16.2 Å². The molecule has 0 atom stereocenters. The standard InChI is InChI=1S/C10H12Br2N2O4S/c1-14(5-4-10(15)16)19(17,18)13-9-6-7(11)2-3-8(9)12/h2-3,6,13H,4-5H2,1H3,(H,15,16). The van der Waals surface area contributed by atoms with Gasteiger partial charge in [0.2, 0.25) is 0 Å². The predicted octanol–water partition coefficient (Wildman–Crippen LogP) is 2.27. The fraction of sp³-hybridized carbons (Fsp3) is 0.300. The highest BCUT2D eigenvalue weighted by Gasteiger charge is 2.19. The number of hydrogen-bond donors (Lipinski definition) is 2. The smallest absolute Gasteiger partial charge is 0.304 e. The number of aliphatic carboxylic acids is 1. The molecule has 0 aliphatic carbocycles. The van der Waals surface area contributed by atoms with Crippen LogP contribution >= 0.6 is 31.9 Å². The number of rotatable bonds is 6. The van der Waals surface area contributed by atoms with Crippen molar-refractivity contribution in [2.45, 2.75) is 6.42 Å². The van der Waals surface area contributed by atoms with Crippen LogP contribution in [0.25, 0.3) is 0 Å². The summed E-state index contributed by atoms with van der Waals surface area (Å²) in [6, 6.07) is 5.06. The molecule has 0 aromatic heterocycles. The molecule has 1 aromatic carbocycles. The lowest BCUT2D eigenvalue weighted by atomic mass is 10.3. The number of benzene rings is 1. The Morgan fingerprint density at radius 1 is 1.42 bits per heavy atom. The Morgan fingerprint density at radius 3 is 2.63 bits per heavy atom. The van der Waals surface area contributed by atoms with Crippen molar-refractivity contribution in [2.24, 2.45) is 0 Å². The molecule has 1 rings (SSSR count). The van der Waals surface area contributed by atoms with Crippen LogP contribution in [-0.4, -0.2) is 37.4 Å². The van der Waals surface area contributed by atoms with Gasteiger partial charge in [-0.25, -0.2) is 0 Å². The fourth-order valence-electron chi connectivity index (χ4n) is 1.17. The molecule has 106 valence electrons. The average molecular weight is 416 g/mol. The predicted molar refractivity (Wildman–Crippen MR) is 79.3 cm³/mol. The van der Waals surface area contributed by atoms with Crippen LogP contribution in [0.15, 0.2) is 27.1 Å². The summed E-state index contributed by atoms with van der Waals surface area (Å²) in [5, 5.41) is 8.54. The van der Waals surface area contributed by atoms with Gasteiger partial charge in [-0.1, -0.05) is 15.9 Å². The van der Waals surface area contributed by atoms with Crippen molar-refractivity contribution in [2.75, 3.05) is 18.3 Å². The van der Waals surface area contributed by atoms with E-state index in [9.17, 15) is 13.2 Å². The molecule has 0 aliphatic heterocycles. The molecule has 0 heterocycles. The van der Waals surface area contributed by atoms with Gasteiger partial charge in [0.15, 0.2) is 0 Å². The molecule has 1 aromatic rings. The minimum atomic E-state index is -3.78. The van der Waals surface area contributed by atoms with Gasteiger partial charge in [0.05, 0.1) is 12.1 Å². The van der Waals surface area contributed by atoms with Crippen molar-refractivity contribution in [3.05, 3.63) is 27.1 Å². The van der Waals surface area contributed by atoms with E-state index in [1.807, 2.05) is 0 Å². The molecule has 0 amide bonds. The number of carbonyl (C=O) groups is 1. The molecule has 9 heteroatoms.